The monoisotopic (exact) mass is 401 g/mol. The highest BCUT2D eigenvalue weighted by atomic mass is 32.2. The molecule has 0 spiro atoms. The molecule has 0 saturated heterocycles. The first kappa shape index (κ1) is 18.5. The SMILES string of the molecule is [O-][S+](c1ccc(F)c(F)c1)c1cnc2cc(F)ccc2c1-c1ccccc1F. The smallest absolute Gasteiger partial charge is 0.185 e. The van der Waals surface area contributed by atoms with Gasteiger partial charge in [-0.15, -0.1) is 0 Å². The maximum atomic E-state index is 14.5. The molecular formula is C21H11F4NOS. The maximum absolute atomic E-state index is 14.5. The minimum atomic E-state index is -1.98. The molecule has 4 rings (SSSR count). The van der Waals surface area contributed by atoms with Gasteiger partial charge in [0.05, 0.1) is 17.3 Å². The highest BCUT2D eigenvalue weighted by molar-refractivity contribution is 7.91. The lowest BCUT2D eigenvalue weighted by molar-refractivity contribution is 0.504. The molecule has 0 bridgehead atoms. The van der Waals surface area contributed by atoms with Crippen LogP contribution in [0.25, 0.3) is 22.0 Å². The summed E-state index contributed by atoms with van der Waals surface area (Å²) in [5.74, 6) is -3.30. The molecule has 28 heavy (non-hydrogen) atoms. The Morgan fingerprint density at radius 2 is 1.57 bits per heavy atom. The fraction of sp³-hybridized carbons (Fsp3) is 0. The van der Waals surface area contributed by atoms with Crippen molar-refractivity contribution in [3.05, 3.63) is 90.1 Å². The average molecular weight is 401 g/mol. The summed E-state index contributed by atoms with van der Waals surface area (Å²) in [4.78, 5) is 4.23. The third-order valence-electron chi connectivity index (χ3n) is 4.24. The predicted octanol–water partition coefficient (Wildman–Crippen LogP) is 5.62. The quantitative estimate of drug-likeness (QED) is 0.330. The third-order valence-corrected chi connectivity index (χ3v) is 5.64. The van der Waals surface area contributed by atoms with E-state index in [1.54, 1.807) is 6.07 Å². The largest absolute Gasteiger partial charge is 0.606 e. The molecule has 7 heteroatoms. The van der Waals surface area contributed by atoms with E-state index in [-0.39, 0.29) is 26.4 Å². The van der Waals surface area contributed by atoms with Gasteiger partial charge in [-0.1, -0.05) is 18.2 Å². The van der Waals surface area contributed by atoms with Crippen LogP contribution in [0.3, 0.4) is 0 Å². The van der Waals surface area contributed by atoms with Crippen LogP contribution in [-0.4, -0.2) is 9.54 Å². The van der Waals surface area contributed by atoms with E-state index in [2.05, 4.69) is 4.98 Å². The summed E-state index contributed by atoms with van der Waals surface area (Å²) in [6, 6.07) is 12.5. The summed E-state index contributed by atoms with van der Waals surface area (Å²) < 4.78 is 68.1. The molecule has 2 nitrogen and oxygen atoms in total. The number of nitrogens with zero attached hydrogens (tertiary/aromatic N) is 1. The summed E-state index contributed by atoms with van der Waals surface area (Å²) in [5.41, 5.74) is 0.655. The molecular weight excluding hydrogens is 390 g/mol. The topological polar surface area (TPSA) is 36.0 Å². The van der Waals surface area contributed by atoms with Crippen LogP contribution in [0.2, 0.25) is 0 Å². The van der Waals surface area contributed by atoms with Crippen molar-refractivity contribution in [2.75, 3.05) is 0 Å². The molecule has 1 aromatic heterocycles. The van der Waals surface area contributed by atoms with Crippen LogP contribution in [0.15, 0.2) is 76.7 Å². The van der Waals surface area contributed by atoms with E-state index in [9.17, 15) is 22.1 Å². The summed E-state index contributed by atoms with van der Waals surface area (Å²) in [6.45, 7) is 0. The number of hydrogen-bond donors (Lipinski definition) is 0. The number of fused-ring (bicyclic) bond motifs is 1. The van der Waals surface area contributed by atoms with Crippen LogP contribution in [-0.2, 0) is 11.2 Å². The number of hydrogen-bond acceptors (Lipinski definition) is 2. The van der Waals surface area contributed by atoms with Crippen LogP contribution < -0.4 is 0 Å². The van der Waals surface area contributed by atoms with E-state index in [1.807, 2.05) is 0 Å². The van der Waals surface area contributed by atoms with Crippen molar-refractivity contribution in [2.24, 2.45) is 0 Å². The average Bonchev–Trinajstić information content (AvgIpc) is 2.69. The predicted molar refractivity (Wildman–Crippen MR) is 98.1 cm³/mol. The van der Waals surface area contributed by atoms with E-state index in [0.29, 0.717) is 5.39 Å². The summed E-state index contributed by atoms with van der Waals surface area (Å²) in [7, 11) is 0. The molecule has 0 aliphatic heterocycles. The van der Waals surface area contributed by atoms with Gasteiger partial charge < -0.3 is 4.55 Å². The molecule has 1 unspecified atom stereocenters. The first-order valence-corrected chi connectivity index (χ1v) is 9.30. The molecule has 1 heterocycles. The number of benzene rings is 3. The molecule has 0 radical (unpaired) electrons. The Labute approximate surface area is 160 Å². The number of rotatable bonds is 3. The Balaban J connectivity index is 2.00. The fourth-order valence-electron chi connectivity index (χ4n) is 2.95. The maximum Gasteiger partial charge on any atom is 0.185 e. The van der Waals surface area contributed by atoms with Crippen LogP contribution in [0, 0.1) is 23.3 Å². The number of pyridine rings is 1. The van der Waals surface area contributed by atoms with Crippen molar-refractivity contribution in [1.82, 2.24) is 4.98 Å². The van der Waals surface area contributed by atoms with E-state index < -0.39 is 34.4 Å². The summed E-state index contributed by atoms with van der Waals surface area (Å²) in [5, 5.41) is 0.389. The Bertz CT molecular complexity index is 1200. The van der Waals surface area contributed by atoms with Gasteiger partial charge in [0.15, 0.2) is 21.4 Å². The van der Waals surface area contributed by atoms with Gasteiger partial charge in [0.1, 0.15) is 11.6 Å². The van der Waals surface area contributed by atoms with Crippen molar-refractivity contribution in [1.29, 1.82) is 0 Å². The van der Waals surface area contributed by atoms with Gasteiger partial charge in [0.2, 0.25) is 0 Å². The van der Waals surface area contributed by atoms with Crippen LogP contribution in [0.1, 0.15) is 0 Å². The van der Waals surface area contributed by atoms with E-state index in [0.717, 1.165) is 12.1 Å². The molecule has 0 aliphatic carbocycles. The summed E-state index contributed by atoms with van der Waals surface area (Å²) >= 11 is -1.98. The Morgan fingerprint density at radius 3 is 2.32 bits per heavy atom. The lowest BCUT2D eigenvalue weighted by atomic mass is 10.0. The van der Waals surface area contributed by atoms with Crippen molar-refractivity contribution in [3.63, 3.8) is 0 Å². The molecule has 1 atom stereocenters. The van der Waals surface area contributed by atoms with Crippen molar-refractivity contribution in [2.45, 2.75) is 9.79 Å². The Kier molecular flexibility index (Phi) is 4.78. The summed E-state index contributed by atoms with van der Waals surface area (Å²) in [6.07, 6.45) is 1.24. The zero-order valence-corrected chi connectivity index (χ0v) is 14.9. The van der Waals surface area contributed by atoms with Gasteiger partial charge in [0.25, 0.3) is 0 Å². The molecule has 4 aromatic rings. The van der Waals surface area contributed by atoms with Crippen molar-refractivity contribution < 1.29 is 22.1 Å². The number of halogens is 4. The zero-order chi connectivity index (χ0) is 19.8. The lowest BCUT2D eigenvalue weighted by Crippen LogP contribution is -2.07. The zero-order valence-electron chi connectivity index (χ0n) is 14.1. The first-order valence-electron chi connectivity index (χ1n) is 8.15. The van der Waals surface area contributed by atoms with Crippen molar-refractivity contribution >= 4 is 22.1 Å². The van der Waals surface area contributed by atoms with Crippen LogP contribution in [0.4, 0.5) is 17.6 Å². The molecule has 0 N–H and O–H groups in total. The first-order chi connectivity index (χ1) is 13.5. The third kappa shape index (κ3) is 3.23. The van der Waals surface area contributed by atoms with Crippen LogP contribution >= 0.6 is 0 Å². The highest BCUT2D eigenvalue weighted by Gasteiger charge is 2.26. The van der Waals surface area contributed by atoms with E-state index in [1.165, 1.54) is 48.7 Å². The second-order valence-electron chi connectivity index (χ2n) is 5.98. The molecule has 0 fully saturated rings. The standard InChI is InChI=1S/C21H11F4NOS/c22-12-5-7-15-19(9-12)26-11-20(21(15)14-3-1-2-4-16(14)23)28(27)13-6-8-17(24)18(25)10-13/h1-11H. The van der Waals surface area contributed by atoms with Gasteiger partial charge in [-0.25, -0.2) is 17.6 Å². The van der Waals surface area contributed by atoms with Gasteiger partial charge in [0, 0.05) is 34.3 Å². The molecule has 3 aromatic carbocycles. The molecule has 140 valence electrons. The van der Waals surface area contributed by atoms with Crippen molar-refractivity contribution in [3.8, 4) is 11.1 Å². The van der Waals surface area contributed by atoms with E-state index >= 15 is 0 Å². The Morgan fingerprint density at radius 1 is 0.786 bits per heavy atom. The van der Waals surface area contributed by atoms with Gasteiger partial charge in [-0.05, 0) is 30.3 Å². The molecule has 0 aliphatic rings. The second-order valence-corrected chi connectivity index (χ2v) is 7.43. The fourth-order valence-corrected chi connectivity index (χ4v) is 4.16. The minimum Gasteiger partial charge on any atom is -0.606 e. The van der Waals surface area contributed by atoms with E-state index in [4.69, 9.17) is 0 Å². The molecule has 0 saturated carbocycles. The molecule has 0 amide bonds. The minimum absolute atomic E-state index is 0.000231. The van der Waals surface area contributed by atoms with Gasteiger partial charge in [-0.2, -0.15) is 0 Å². The van der Waals surface area contributed by atoms with Gasteiger partial charge in [-0.3, -0.25) is 4.98 Å². The second kappa shape index (κ2) is 7.26. The highest BCUT2D eigenvalue weighted by Crippen LogP contribution is 2.37. The number of aromatic nitrogens is 1. The lowest BCUT2D eigenvalue weighted by Gasteiger charge is -2.16. The van der Waals surface area contributed by atoms with Crippen LogP contribution in [0.5, 0.6) is 0 Å². The Hall–Kier alpha value is -2.90. The normalized spacial score (nSPS) is 12.3. The van der Waals surface area contributed by atoms with Gasteiger partial charge >= 0.3 is 0 Å².